The Kier molecular flexibility index (Phi) is 11.9. The Morgan fingerprint density at radius 3 is 2.28 bits per heavy atom. The summed E-state index contributed by atoms with van der Waals surface area (Å²) in [5.41, 5.74) is 5.77. The zero-order chi connectivity index (χ0) is 27.5. The third-order valence-electron chi connectivity index (χ3n) is 5.07. The highest BCUT2D eigenvalue weighted by Gasteiger charge is 2.34. The normalized spacial score (nSPS) is 12.6. The molecule has 36 heavy (non-hydrogen) atoms. The molecule has 1 aromatic rings. The number of rotatable bonds is 12. The van der Waals surface area contributed by atoms with E-state index < -0.39 is 47.5 Å². The molecule has 200 valence electrons. The van der Waals surface area contributed by atoms with Crippen LogP contribution in [0.25, 0.3) is 0 Å². The summed E-state index contributed by atoms with van der Waals surface area (Å²) in [6, 6.07) is 4.82. The lowest BCUT2D eigenvalue weighted by molar-refractivity contribution is -0.144. The van der Waals surface area contributed by atoms with Crippen molar-refractivity contribution in [2.45, 2.75) is 71.6 Å². The van der Waals surface area contributed by atoms with Gasteiger partial charge in [0.2, 0.25) is 17.7 Å². The van der Waals surface area contributed by atoms with Crippen molar-refractivity contribution in [3.05, 3.63) is 35.4 Å². The third-order valence-corrected chi connectivity index (χ3v) is 5.07. The van der Waals surface area contributed by atoms with Gasteiger partial charge in [0.05, 0.1) is 13.0 Å². The van der Waals surface area contributed by atoms with Crippen LogP contribution in [0.1, 0.15) is 64.1 Å². The van der Waals surface area contributed by atoms with Gasteiger partial charge in [0.1, 0.15) is 17.7 Å². The number of aryl methyl sites for hydroxylation is 1. The maximum absolute atomic E-state index is 13.5. The average molecular weight is 507 g/mol. The molecule has 0 saturated heterocycles. The van der Waals surface area contributed by atoms with E-state index in [0.29, 0.717) is 5.56 Å². The number of benzene rings is 1. The number of carbonyl (C=O) groups excluding carboxylic acids is 5. The first kappa shape index (κ1) is 30.4. The zero-order valence-electron chi connectivity index (χ0n) is 21.9. The predicted octanol–water partition coefficient (Wildman–Crippen LogP) is 1.72. The molecule has 0 bridgehead atoms. The van der Waals surface area contributed by atoms with E-state index in [0.717, 1.165) is 5.56 Å². The van der Waals surface area contributed by atoms with Crippen LogP contribution in [0, 0.1) is 6.92 Å². The molecule has 11 heteroatoms. The van der Waals surface area contributed by atoms with Gasteiger partial charge in [-0.3, -0.25) is 19.2 Å². The molecule has 2 atom stereocenters. The van der Waals surface area contributed by atoms with Crippen LogP contribution in [-0.4, -0.2) is 66.5 Å². The van der Waals surface area contributed by atoms with Crippen molar-refractivity contribution in [3.8, 4) is 0 Å². The predicted molar refractivity (Wildman–Crippen MR) is 133 cm³/mol. The second-order valence-electron chi connectivity index (χ2n) is 9.26. The maximum Gasteiger partial charge on any atom is 0.408 e. The second kappa shape index (κ2) is 14.1. The summed E-state index contributed by atoms with van der Waals surface area (Å²) in [5, 5.41) is 5.16. The van der Waals surface area contributed by atoms with Crippen LogP contribution in [0.5, 0.6) is 0 Å². The molecular weight excluding hydrogens is 468 g/mol. The van der Waals surface area contributed by atoms with E-state index in [1.165, 1.54) is 11.9 Å². The minimum Gasteiger partial charge on any atom is -0.466 e. The number of nitrogens with two attached hydrogens (primary N) is 1. The van der Waals surface area contributed by atoms with Gasteiger partial charge >= 0.3 is 12.1 Å². The second-order valence-corrected chi connectivity index (χ2v) is 9.26. The van der Waals surface area contributed by atoms with Crippen LogP contribution in [0.2, 0.25) is 0 Å². The Morgan fingerprint density at radius 1 is 1.08 bits per heavy atom. The molecule has 1 rings (SSSR count). The number of amides is 4. The lowest BCUT2D eigenvalue weighted by atomic mass is 9.98. The van der Waals surface area contributed by atoms with Crippen LogP contribution in [-0.2, 0) is 28.7 Å². The molecule has 2 unspecified atom stereocenters. The molecule has 0 fully saturated rings. The van der Waals surface area contributed by atoms with Gasteiger partial charge in [0.25, 0.3) is 0 Å². The van der Waals surface area contributed by atoms with Crippen molar-refractivity contribution in [2.24, 2.45) is 5.73 Å². The van der Waals surface area contributed by atoms with Crippen molar-refractivity contribution in [2.75, 3.05) is 20.2 Å². The summed E-state index contributed by atoms with van der Waals surface area (Å²) in [4.78, 5) is 63.4. The largest absolute Gasteiger partial charge is 0.466 e. The Balaban J connectivity index is 3.20. The fourth-order valence-electron chi connectivity index (χ4n) is 3.40. The van der Waals surface area contributed by atoms with Gasteiger partial charge in [-0.05, 0) is 52.2 Å². The summed E-state index contributed by atoms with van der Waals surface area (Å²) in [6.45, 7) is 8.76. The van der Waals surface area contributed by atoms with Crippen LogP contribution < -0.4 is 16.4 Å². The van der Waals surface area contributed by atoms with Crippen molar-refractivity contribution in [1.82, 2.24) is 15.5 Å². The highest BCUT2D eigenvalue weighted by molar-refractivity contribution is 5.92. The van der Waals surface area contributed by atoms with Gasteiger partial charge in [0.15, 0.2) is 0 Å². The van der Waals surface area contributed by atoms with Crippen molar-refractivity contribution < 1.29 is 33.4 Å². The number of likely N-dealkylation sites (N-methyl/N-ethyl adjacent to an activating group) is 1. The number of nitrogens with zero attached hydrogens (tertiary/aromatic N) is 1. The van der Waals surface area contributed by atoms with E-state index >= 15 is 0 Å². The number of nitrogens with one attached hydrogen (secondary N) is 2. The van der Waals surface area contributed by atoms with Crippen LogP contribution >= 0.6 is 0 Å². The van der Waals surface area contributed by atoms with Gasteiger partial charge in [-0.15, -0.1) is 0 Å². The molecular formula is C25H38N4O7. The Morgan fingerprint density at radius 2 is 1.72 bits per heavy atom. The molecule has 0 aromatic heterocycles. The van der Waals surface area contributed by atoms with Gasteiger partial charge in [0, 0.05) is 20.0 Å². The lowest BCUT2D eigenvalue weighted by Crippen LogP contribution is -2.52. The lowest BCUT2D eigenvalue weighted by Gasteiger charge is -2.32. The van der Waals surface area contributed by atoms with E-state index in [1.54, 1.807) is 58.9 Å². The standard InChI is InChI=1S/C25H38N4O7/c1-7-35-20(31)14-15-27-22(32)21(17-11-9-8-10-16(17)2)29(6)23(33)18(12-13-19(26)30)28-24(34)36-25(3,4)5/h8-11,18,21H,7,12-15H2,1-6H3,(H2,26,30)(H,27,32)(H,28,34). The van der Waals surface area contributed by atoms with Gasteiger partial charge in [-0.25, -0.2) is 4.79 Å². The number of hydrogen-bond donors (Lipinski definition) is 3. The fourth-order valence-corrected chi connectivity index (χ4v) is 3.40. The number of primary amides is 1. The van der Waals surface area contributed by atoms with E-state index in [1.807, 2.05) is 0 Å². The SMILES string of the molecule is CCOC(=O)CCNC(=O)C(c1ccccc1C)N(C)C(=O)C(CCC(N)=O)NC(=O)OC(C)(C)C. The molecule has 0 aliphatic carbocycles. The number of alkyl carbamates (subject to hydrolysis) is 1. The van der Waals surface area contributed by atoms with Gasteiger partial charge in [-0.1, -0.05) is 24.3 Å². The Bertz CT molecular complexity index is 943. The number of hydrogen-bond acceptors (Lipinski definition) is 7. The van der Waals surface area contributed by atoms with Crippen LogP contribution in [0.15, 0.2) is 24.3 Å². The molecule has 0 aliphatic rings. The molecule has 1 aromatic carbocycles. The van der Waals surface area contributed by atoms with Crippen molar-refractivity contribution >= 4 is 29.8 Å². The topological polar surface area (TPSA) is 157 Å². The molecule has 4 N–H and O–H groups in total. The third kappa shape index (κ3) is 10.3. The quantitative estimate of drug-likeness (QED) is 0.364. The first-order chi connectivity index (χ1) is 16.8. The van der Waals surface area contributed by atoms with Crippen LogP contribution in [0.3, 0.4) is 0 Å². The van der Waals surface area contributed by atoms with E-state index in [4.69, 9.17) is 15.2 Å². The van der Waals surface area contributed by atoms with E-state index in [9.17, 15) is 24.0 Å². The first-order valence-electron chi connectivity index (χ1n) is 11.8. The molecule has 0 radical (unpaired) electrons. The summed E-state index contributed by atoms with van der Waals surface area (Å²) >= 11 is 0. The van der Waals surface area contributed by atoms with Gasteiger partial charge in [-0.2, -0.15) is 0 Å². The number of carbonyl (C=O) groups is 5. The fraction of sp³-hybridized carbons (Fsp3) is 0.560. The summed E-state index contributed by atoms with van der Waals surface area (Å²) in [6.07, 6.45) is -1.12. The zero-order valence-corrected chi connectivity index (χ0v) is 21.9. The Labute approximate surface area is 212 Å². The highest BCUT2D eigenvalue weighted by atomic mass is 16.6. The highest BCUT2D eigenvalue weighted by Crippen LogP contribution is 2.24. The van der Waals surface area contributed by atoms with E-state index in [-0.39, 0.29) is 32.4 Å². The average Bonchev–Trinajstić information content (AvgIpc) is 2.76. The van der Waals surface area contributed by atoms with Gasteiger partial charge < -0.3 is 30.7 Å². The first-order valence-corrected chi connectivity index (χ1v) is 11.8. The van der Waals surface area contributed by atoms with Crippen molar-refractivity contribution in [1.29, 1.82) is 0 Å². The summed E-state index contributed by atoms with van der Waals surface area (Å²) < 4.78 is 10.1. The molecule has 4 amide bonds. The monoisotopic (exact) mass is 506 g/mol. The molecule has 0 spiro atoms. The molecule has 0 saturated carbocycles. The summed E-state index contributed by atoms with van der Waals surface area (Å²) in [7, 11) is 1.43. The van der Waals surface area contributed by atoms with Crippen molar-refractivity contribution in [3.63, 3.8) is 0 Å². The maximum atomic E-state index is 13.5. The molecule has 0 aliphatic heterocycles. The Hall–Kier alpha value is -3.63. The molecule has 0 heterocycles. The number of ether oxygens (including phenoxy) is 2. The number of esters is 1. The smallest absolute Gasteiger partial charge is 0.408 e. The van der Waals surface area contributed by atoms with E-state index in [2.05, 4.69) is 10.6 Å². The summed E-state index contributed by atoms with van der Waals surface area (Å²) in [5.74, 6) is -2.23. The van der Waals surface area contributed by atoms with Crippen LogP contribution in [0.4, 0.5) is 4.79 Å². The molecule has 11 nitrogen and oxygen atoms in total. The minimum absolute atomic E-state index is 0.0172. The minimum atomic E-state index is -1.17.